The molecule has 166 valence electrons. The van der Waals surface area contributed by atoms with Crippen molar-refractivity contribution in [1.82, 2.24) is 14.7 Å². The number of sulfonamides is 1. The van der Waals surface area contributed by atoms with Gasteiger partial charge in [-0.3, -0.25) is 0 Å². The summed E-state index contributed by atoms with van der Waals surface area (Å²) in [4.78, 5) is 7.52. The number of fused-ring (bicyclic) bond motifs is 1. The molecule has 0 radical (unpaired) electrons. The number of ether oxygens (including phenoxy) is 2. The number of halogens is 3. The van der Waals surface area contributed by atoms with Gasteiger partial charge in [0.25, 0.3) is 6.36 Å². The van der Waals surface area contributed by atoms with Gasteiger partial charge in [-0.15, -0.1) is 0 Å². The summed E-state index contributed by atoms with van der Waals surface area (Å²) < 4.78 is 75.6. The molecular formula is C18H17F3N4O5S. The number of para-hydroxylation sites is 1. The van der Waals surface area contributed by atoms with Crippen LogP contribution in [0.3, 0.4) is 0 Å². The highest BCUT2D eigenvalue weighted by atomic mass is 32.2. The zero-order chi connectivity index (χ0) is 22.8. The molecule has 3 N–H and O–H groups in total. The van der Waals surface area contributed by atoms with E-state index in [-0.39, 0.29) is 23.0 Å². The highest BCUT2D eigenvalue weighted by Gasteiger charge is 2.28. The van der Waals surface area contributed by atoms with E-state index in [1.54, 1.807) is 0 Å². The molecule has 0 fully saturated rings. The lowest BCUT2D eigenvalue weighted by Gasteiger charge is -2.19. The molecule has 0 aliphatic rings. The van der Waals surface area contributed by atoms with Crippen LogP contribution < -0.4 is 19.5 Å². The van der Waals surface area contributed by atoms with Gasteiger partial charge in [-0.1, -0.05) is 6.07 Å². The predicted octanol–water partition coefficient (Wildman–Crippen LogP) is 2.94. The van der Waals surface area contributed by atoms with Gasteiger partial charge < -0.3 is 19.9 Å². The molecule has 0 aliphatic carbocycles. The van der Waals surface area contributed by atoms with Crippen LogP contribution in [0.4, 0.5) is 24.7 Å². The molecule has 0 saturated carbocycles. The standard InChI is InChI=1S/C18H17F3N4O5S/c1-22-31(27,28)14-5-3-4-10(15(14)30-17(21)16(19)20)25-18-9-6-13(29-2)12(26)7-11(9)23-8-24-18/h3-8,16-17,22,26H,1-2H3,(H,23,24,25). The Labute approximate surface area is 174 Å². The Morgan fingerprint density at radius 1 is 1.16 bits per heavy atom. The van der Waals surface area contributed by atoms with E-state index in [1.807, 2.05) is 4.72 Å². The van der Waals surface area contributed by atoms with Crippen LogP contribution in [0.1, 0.15) is 0 Å². The van der Waals surface area contributed by atoms with Gasteiger partial charge in [0.05, 0.1) is 18.3 Å². The number of nitrogens with zero attached hydrogens (tertiary/aromatic N) is 2. The van der Waals surface area contributed by atoms with Crippen LogP contribution in [-0.2, 0) is 10.0 Å². The van der Waals surface area contributed by atoms with Crippen molar-refractivity contribution in [3.63, 3.8) is 0 Å². The Balaban J connectivity index is 2.16. The highest BCUT2D eigenvalue weighted by Crippen LogP contribution is 2.38. The van der Waals surface area contributed by atoms with E-state index >= 15 is 0 Å². The molecule has 13 heteroatoms. The van der Waals surface area contributed by atoms with Crippen LogP contribution >= 0.6 is 0 Å². The largest absolute Gasteiger partial charge is 0.504 e. The molecule has 1 aromatic heterocycles. The van der Waals surface area contributed by atoms with Crippen LogP contribution in [-0.4, -0.2) is 50.4 Å². The molecule has 1 atom stereocenters. The van der Waals surface area contributed by atoms with Crippen molar-refractivity contribution >= 4 is 32.4 Å². The van der Waals surface area contributed by atoms with Gasteiger partial charge in [-0.25, -0.2) is 31.9 Å². The number of benzene rings is 2. The molecule has 0 saturated heterocycles. The molecule has 0 bridgehead atoms. The van der Waals surface area contributed by atoms with E-state index in [1.165, 1.54) is 31.4 Å². The first-order chi connectivity index (χ1) is 14.7. The van der Waals surface area contributed by atoms with Crippen LogP contribution in [0, 0.1) is 0 Å². The number of phenols is 1. The normalized spacial score (nSPS) is 12.7. The Bertz CT molecular complexity index is 1210. The fourth-order valence-corrected chi connectivity index (χ4v) is 3.56. The molecule has 1 unspecified atom stereocenters. The molecule has 0 aliphatic heterocycles. The highest BCUT2D eigenvalue weighted by molar-refractivity contribution is 7.89. The maximum Gasteiger partial charge on any atom is 0.304 e. The van der Waals surface area contributed by atoms with E-state index in [0.717, 1.165) is 19.4 Å². The Hall–Kier alpha value is -3.32. The van der Waals surface area contributed by atoms with Crippen LogP contribution in [0.5, 0.6) is 17.2 Å². The SMILES string of the molecule is CNS(=O)(=O)c1cccc(Nc2ncnc3cc(O)c(OC)cc23)c1OC(F)C(F)F. The van der Waals surface area contributed by atoms with Crippen molar-refractivity contribution < 1.29 is 36.2 Å². The van der Waals surface area contributed by atoms with Gasteiger partial charge in [0, 0.05) is 11.5 Å². The smallest absolute Gasteiger partial charge is 0.304 e. The van der Waals surface area contributed by atoms with Crippen LogP contribution in [0.25, 0.3) is 10.9 Å². The Morgan fingerprint density at radius 2 is 1.90 bits per heavy atom. The summed E-state index contributed by atoms with van der Waals surface area (Å²) in [6.07, 6.45) is -5.43. The second kappa shape index (κ2) is 8.81. The summed E-state index contributed by atoms with van der Waals surface area (Å²) in [6.45, 7) is 0. The van der Waals surface area contributed by atoms with Gasteiger partial charge in [-0.2, -0.15) is 4.39 Å². The van der Waals surface area contributed by atoms with Crippen molar-refractivity contribution in [1.29, 1.82) is 0 Å². The minimum atomic E-state index is -4.19. The zero-order valence-electron chi connectivity index (χ0n) is 16.1. The molecular weight excluding hydrogens is 441 g/mol. The molecule has 31 heavy (non-hydrogen) atoms. The fourth-order valence-electron chi connectivity index (χ4n) is 2.68. The summed E-state index contributed by atoms with van der Waals surface area (Å²) in [6, 6.07) is 6.41. The number of aromatic hydroxyl groups is 1. The number of anilines is 2. The third-order valence-electron chi connectivity index (χ3n) is 4.15. The average molecular weight is 458 g/mol. The van der Waals surface area contributed by atoms with Gasteiger partial charge in [-0.05, 0) is 25.2 Å². The summed E-state index contributed by atoms with van der Waals surface area (Å²) in [5, 5.41) is 13.0. The lowest BCUT2D eigenvalue weighted by Crippen LogP contribution is -2.24. The third kappa shape index (κ3) is 4.56. The molecule has 3 aromatic rings. The van der Waals surface area contributed by atoms with Crippen molar-refractivity contribution in [3.05, 3.63) is 36.7 Å². The number of hydrogen-bond acceptors (Lipinski definition) is 8. The van der Waals surface area contributed by atoms with Gasteiger partial charge >= 0.3 is 6.43 Å². The van der Waals surface area contributed by atoms with E-state index in [0.29, 0.717) is 10.9 Å². The van der Waals surface area contributed by atoms with Crippen molar-refractivity contribution in [2.24, 2.45) is 0 Å². The molecule has 0 spiro atoms. The number of methoxy groups -OCH3 is 1. The second-order valence-corrected chi connectivity index (χ2v) is 7.89. The van der Waals surface area contributed by atoms with Crippen molar-refractivity contribution in [3.8, 4) is 17.2 Å². The molecule has 9 nitrogen and oxygen atoms in total. The van der Waals surface area contributed by atoms with Crippen LogP contribution in [0.2, 0.25) is 0 Å². The number of aromatic nitrogens is 2. The van der Waals surface area contributed by atoms with Crippen molar-refractivity contribution in [2.45, 2.75) is 17.7 Å². The second-order valence-electron chi connectivity index (χ2n) is 6.03. The maximum atomic E-state index is 13.7. The number of nitrogens with one attached hydrogen (secondary N) is 2. The minimum absolute atomic E-state index is 0.0969. The maximum absolute atomic E-state index is 13.7. The predicted molar refractivity (Wildman–Crippen MR) is 105 cm³/mol. The number of phenolic OH excluding ortho intramolecular Hbond substituents is 1. The summed E-state index contributed by atoms with van der Waals surface area (Å²) in [5.41, 5.74) is 0.153. The number of rotatable bonds is 8. The summed E-state index contributed by atoms with van der Waals surface area (Å²) in [5.74, 6) is -0.639. The molecule has 0 amide bonds. The van der Waals surface area contributed by atoms with Gasteiger partial charge in [0.1, 0.15) is 17.0 Å². The molecule has 3 rings (SSSR count). The summed E-state index contributed by atoms with van der Waals surface area (Å²) in [7, 11) is -1.74. The average Bonchev–Trinajstić information content (AvgIpc) is 2.74. The topological polar surface area (TPSA) is 123 Å². The first kappa shape index (κ1) is 22.4. The Morgan fingerprint density at radius 3 is 2.55 bits per heavy atom. The van der Waals surface area contributed by atoms with Gasteiger partial charge in [0.2, 0.25) is 10.0 Å². The van der Waals surface area contributed by atoms with E-state index in [9.17, 15) is 26.7 Å². The fraction of sp³-hybridized carbons (Fsp3) is 0.222. The van der Waals surface area contributed by atoms with Crippen molar-refractivity contribution in [2.75, 3.05) is 19.5 Å². The Kier molecular flexibility index (Phi) is 6.36. The lowest BCUT2D eigenvalue weighted by atomic mass is 10.2. The number of hydrogen-bond donors (Lipinski definition) is 3. The van der Waals surface area contributed by atoms with E-state index in [4.69, 9.17) is 4.74 Å². The first-order valence-corrected chi connectivity index (χ1v) is 10.1. The number of alkyl halides is 3. The third-order valence-corrected chi connectivity index (χ3v) is 5.59. The minimum Gasteiger partial charge on any atom is -0.504 e. The lowest BCUT2D eigenvalue weighted by molar-refractivity contribution is -0.0678. The molecule has 1 heterocycles. The summed E-state index contributed by atoms with van der Waals surface area (Å²) >= 11 is 0. The quantitative estimate of drug-likeness (QED) is 0.471. The van der Waals surface area contributed by atoms with E-state index in [2.05, 4.69) is 20.0 Å². The van der Waals surface area contributed by atoms with Crippen LogP contribution in [0.15, 0.2) is 41.6 Å². The molecule has 2 aromatic carbocycles. The van der Waals surface area contributed by atoms with E-state index < -0.39 is 33.5 Å². The monoisotopic (exact) mass is 458 g/mol. The van der Waals surface area contributed by atoms with Gasteiger partial charge in [0.15, 0.2) is 17.2 Å². The first-order valence-electron chi connectivity index (χ1n) is 8.62. The zero-order valence-corrected chi connectivity index (χ0v) is 17.0.